The molecule has 0 spiro atoms. The highest BCUT2D eigenvalue weighted by Crippen LogP contribution is 2.28. The zero-order valence-electron chi connectivity index (χ0n) is 8.99. The van der Waals surface area contributed by atoms with Crippen LogP contribution in [0.15, 0.2) is 35.2 Å². The summed E-state index contributed by atoms with van der Waals surface area (Å²) in [7, 11) is -3.18. The fraction of sp³-hybridized carbons (Fsp3) is 0.167. The van der Waals surface area contributed by atoms with E-state index in [9.17, 15) is 8.42 Å². The van der Waals surface area contributed by atoms with E-state index in [0.717, 1.165) is 16.3 Å². The first-order valence-electron chi connectivity index (χ1n) is 4.78. The highest BCUT2D eigenvalue weighted by atomic mass is 35.5. The van der Waals surface area contributed by atoms with Gasteiger partial charge in [0.1, 0.15) is 0 Å². The number of fused-ring (bicyclic) bond motifs is 1. The fourth-order valence-electron chi connectivity index (χ4n) is 1.77. The topological polar surface area (TPSA) is 34.1 Å². The van der Waals surface area contributed by atoms with Crippen LogP contribution >= 0.6 is 11.6 Å². The van der Waals surface area contributed by atoms with Crippen molar-refractivity contribution in [2.45, 2.75) is 11.8 Å². The van der Waals surface area contributed by atoms with Gasteiger partial charge >= 0.3 is 0 Å². The minimum Gasteiger partial charge on any atom is -0.224 e. The summed E-state index contributed by atoms with van der Waals surface area (Å²) in [4.78, 5) is 0.363. The molecule has 2 aromatic rings. The number of sulfone groups is 1. The third kappa shape index (κ3) is 1.93. The van der Waals surface area contributed by atoms with E-state index in [1.165, 1.54) is 6.26 Å². The summed E-state index contributed by atoms with van der Waals surface area (Å²) in [6.07, 6.45) is 1.21. The van der Waals surface area contributed by atoms with Crippen LogP contribution in [0.1, 0.15) is 5.56 Å². The van der Waals surface area contributed by atoms with E-state index in [0.29, 0.717) is 9.92 Å². The Morgan fingerprint density at radius 1 is 1.19 bits per heavy atom. The van der Waals surface area contributed by atoms with Crippen LogP contribution in [0.4, 0.5) is 0 Å². The molecule has 0 aliphatic carbocycles. The number of halogens is 1. The second kappa shape index (κ2) is 3.75. The zero-order valence-corrected chi connectivity index (χ0v) is 10.6. The predicted molar refractivity (Wildman–Crippen MR) is 66.8 cm³/mol. The summed E-state index contributed by atoms with van der Waals surface area (Å²) in [6, 6.07) is 8.95. The first kappa shape index (κ1) is 11.4. The molecule has 4 heteroatoms. The monoisotopic (exact) mass is 254 g/mol. The third-order valence-electron chi connectivity index (χ3n) is 2.52. The van der Waals surface area contributed by atoms with Crippen LogP contribution in [0, 0.1) is 6.92 Å². The molecule has 0 radical (unpaired) electrons. The summed E-state index contributed by atoms with van der Waals surface area (Å²) in [5.41, 5.74) is 0.725. The zero-order chi connectivity index (χ0) is 11.9. The molecule has 0 atom stereocenters. The maximum Gasteiger partial charge on any atom is 0.175 e. The number of benzene rings is 2. The van der Waals surface area contributed by atoms with Crippen molar-refractivity contribution in [3.63, 3.8) is 0 Å². The van der Waals surface area contributed by atoms with Crippen molar-refractivity contribution in [3.8, 4) is 0 Å². The predicted octanol–water partition coefficient (Wildman–Crippen LogP) is 3.21. The van der Waals surface area contributed by atoms with Gasteiger partial charge in [0.15, 0.2) is 9.84 Å². The van der Waals surface area contributed by atoms with E-state index < -0.39 is 9.84 Å². The smallest absolute Gasteiger partial charge is 0.175 e. The van der Waals surface area contributed by atoms with Crippen LogP contribution in [0.2, 0.25) is 5.02 Å². The molecule has 0 saturated carbocycles. The van der Waals surface area contributed by atoms with Gasteiger partial charge in [-0.1, -0.05) is 23.7 Å². The molecule has 0 amide bonds. The lowest BCUT2D eigenvalue weighted by Crippen LogP contribution is -1.99. The molecule has 0 aromatic heterocycles. The lowest BCUT2D eigenvalue weighted by atomic mass is 10.1. The van der Waals surface area contributed by atoms with Crippen molar-refractivity contribution in [1.29, 1.82) is 0 Å². The van der Waals surface area contributed by atoms with Crippen LogP contribution in [0.3, 0.4) is 0 Å². The normalized spacial score (nSPS) is 11.9. The van der Waals surface area contributed by atoms with Gasteiger partial charge < -0.3 is 0 Å². The molecule has 0 saturated heterocycles. The second-order valence-electron chi connectivity index (χ2n) is 3.85. The van der Waals surface area contributed by atoms with E-state index in [4.69, 9.17) is 11.6 Å². The molecular weight excluding hydrogens is 244 g/mol. The Kier molecular flexibility index (Phi) is 2.68. The summed E-state index contributed by atoms with van der Waals surface area (Å²) in [5.74, 6) is 0. The number of rotatable bonds is 1. The van der Waals surface area contributed by atoms with Gasteiger partial charge in [-0.2, -0.15) is 0 Å². The van der Waals surface area contributed by atoms with Crippen LogP contribution in [0.25, 0.3) is 10.8 Å². The molecule has 16 heavy (non-hydrogen) atoms. The Bertz CT molecular complexity index is 660. The molecular formula is C12H11ClO2S. The average Bonchev–Trinajstić information content (AvgIpc) is 2.17. The quantitative estimate of drug-likeness (QED) is 0.783. The van der Waals surface area contributed by atoms with Crippen molar-refractivity contribution < 1.29 is 8.42 Å². The van der Waals surface area contributed by atoms with Crippen LogP contribution in [-0.4, -0.2) is 14.7 Å². The summed E-state index contributed by atoms with van der Waals surface area (Å²) < 4.78 is 23.1. The first-order chi connectivity index (χ1) is 7.39. The molecule has 0 heterocycles. The largest absolute Gasteiger partial charge is 0.224 e. The molecule has 0 unspecified atom stereocenters. The lowest BCUT2D eigenvalue weighted by Gasteiger charge is -2.07. The van der Waals surface area contributed by atoms with Gasteiger partial charge in [-0.05, 0) is 36.1 Å². The number of hydrogen-bond acceptors (Lipinski definition) is 2. The molecule has 0 fully saturated rings. The molecule has 0 N–H and O–H groups in total. The Morgan fingerprint density at radius 3 is 2.50 bits per heavy atom. The summed E-state index contributed by atoms with van der Waals surface area (Å²) in [6.45, 7) is 1.78. The second-order valence-corrected chi connectivity index (χ2v) is 6.24. The highest BCUT2D eigenvalue weighted by molar-refractivity contribution is 7.90. The van der Waals surface area contributed by atoms with Gasteiger partial charge in [-0.25, -0.2) is 8.42 Å². The Labute approximate surface area is 99.8 Å². The van der Waals surface area contributed by atoms with Crippen LogP contribution in [-0.2, 0) is 9.84 Å². The number of hydrogen-bond donors (Lipinski definition) is 0. The van der Waals surface area contributed by atoms with E-state index in [-0.39, 0.29) is 0 Å². The van der Waals surface area contributed by atoms with Gasteiger partial charge in [0, 0.05) is 16.7 Å². The number of aryl methyl sites for hydroxylation is 1. The maximum atomic E-state index is 11.5. The Morgan fingerprint density at radius 2 is 1.88 bits per heavy atom. The first-order valence-corrected chi connectivity index (χ1v) is 7.05. The summed E-state index contributed by atoms with van der Waals surface area (Å²) in [5, 5.41) is 2.37. The minimum absolute atomic E-state index is 0.363. The van der Waals surface area contributed by atoms with Gasteiger partial charge in [-0.15, -0.1) is 0 Å². The third-order valence-corrected chi connectivity index (χ3v) is 4.09. The van der Waals surface area contributed by atoms with E-state index in [1.807, 2.05) is 18.2 Å². The molecule has 2 rings (SSSR count). The van der Waals surface area contributed by atoms with Crippen molar-refractivity contribution >= 4 is 32.2 Å². The summed E-state index contributed by atoms with van der Waals surface area (Å²) >= 11 is 6.05. The molecule has 84 valence electrons. The van der Waals surface area contributed by atoms with Crippen LogP contribution in [0.5, 0.6) is 0 Å². The molecule has 2 aromatic carbocycles. The van der Waals surface area contributed by atoms with Gasteiger partial charge in [0.05, 0.1) is 4.90 Å². The Hall–Kier alpha value is -1.06. The van der Waals surface area contributed by atoms with Crippen molar-refractivity contribution in [3.05, 3.63) is 40.9 Å². The lowest BCUT2D eigenvalue weighted by molar-refractivity contribution is 0.601. The van der Waals surface area contributed by atoms with Gasteiger partial charge in [-0.3, -0.25) is 0 Å². The van der Waals surface area contributed by atoms with Crippen molar-refractivity contribution in [2.75, 3.05) is 6.26 Å². The fourth-order valence-corrected chi connectivity index (χ4v) is 3.00. The van der Waals surface area contributed by atoms with E-state index >= 15 is 0 Å². The molecule has 2 nitrogen and oxygen atoms in total. The highest BCUT2D eigenvalue weighted by Gasteiger charge is 2.12. The van der Waals surface area contributed by atoms with Crippen molar-refractivity contribution in [2.24, 2.45) is 0 Å². The van der Waals surface area contributed by atoms with Gasteiger partial charge in [0.25, 0.3) is 0 Å². The Balaban J connectivity index is 2.88. The maximum absolute atomic E-state index is 11.5. The standard InChI is InChI=1S/C12H11ClO2S/c1-8-6-10-9(4-3-5-11(10)13)7-12(8)16(2,14)15/h3-7H,1-2H3. The van der Waals surface area contributed by atoms with E-state index in [1.54, 1.807) is 19.1 Å². The van der Waals surface area contributed by atoms with Gasteiger partial charge in [0.2, 0.25) is 0 Å². The average molecular weight is 255 g/mol. The molecule has 0 bridgehead atoms. The molecule has 0 aliphatic rings. The minimum atomic E-state index is -3.18. The SMILES string of the molecule is Cc1cc2c(Cl)cccc2cc1S(C)(=O)=O. The van der Waals surface area contributed by atoms with E-state index in [2.05, 4.69) is 0 Å². The van der Waals surface area contributed by atoms with Crippen LogP contribution < -0.4 is 0 Å². The van der Waals surface area contributed by atoms with Crippen molar-refractivity contribution in [1.82, 2.24) is 0 Å². The molecule has 0 aliphatic heterocycles.